The number of nitrogens with zero attached hydrogens (tertiary/aromatic N) is 2. The van der Waals surface area contributed by atoms with Crippen molar-refractivity contribution in [3.05, 3.63) is 18.2 Å². The molecule has 1 aliphatic rings. The van der Waals surface area contributed by atoms with Crippen LogP contribution in [0.3, 0.4) is 0 Å². The number of rotatable bonds is 1. The first kappa shape index (κ1) is 9.40. The number of hydrogen-bond acceptors (Lipinski definition) is 3. The van der Waals surface area contributed by atoms with E-state index < -0.39 is 0 Å². The lowest BCUT2D eigenvalue weighted by Gasteiger charge is -2.26. The van der Waals surface area contributed by atoms with Crippen molar-refractivity contribution in [1.29, 1.82) is 0 Å². The number of piperidine rings is 1. The molecule has 2 unspecified atom stereocenters. The molecule has 2 heterocycles. The molecule has 0 aliphatic carbocycles. The van der Waals surface area contributed by atoms with Gasteiger partial charge in [-0.25, -0.2) is 4.98 Å². The number of carbonyl (C=O) groups is 1. The number of aromatic nitrogens is 2. The Balaban J connectivity index is 2.14. The van der Waals surface area contributed by atoms with Gasteiger partial charge >= 0.3 is 0 Å². The van der Waals surface area contributed by atoms with Crippen LogP contribution in [-0.2, 0) is 11.8 Å². The Morgan fingerprint density at radius 2 is 2.36 bits per heavy atom. The summed E-state index contributed by atoms with van der Waals surface area (Å²) in [6.45, 7) is 2.03. The number of carbonyl (C=O) groups excluding carboxylic acids is 1. The maximum atomic E-state index is 11.4. The first-order valence-corrected chi connectivity index (χ1v) is 4.91. The van der Waals surface area contributed by atoms with Crippen LogP contribution in [0, 0.1) is 0 Å². The molecule has 76 valence electrons. The highest BCUT2D eigenvalue weighted by atomic mass is 16.1. The fourth-order valence-electron chi connectivity index (χ4n) is 1.92. The van der Waals surface area contributed by atoms with E-state index in [0.29, 0.717) is 18.6 Å². The highest BCUT2D eigenvalue weighted by molar-refractivity contribution is 5.80. The second-order valence-corrected chi connectivity index (χ2v) is 4.03. The molecule has 2 rings (SSSR count). The molecule has 1 aromatic rings. The molecule has 0 spiro atoms. The lowest BCUT2D eigenvalue weighted by Crippen LogP contribution is -2.39. The van der Waals surface area contributed by atoms with E-state index >= 15 is 0 Å². The lowest BCUT2D eigenvalue weighted by atomic mass is 9.97. The Bertz CT molecular complexity index is 345. The quantitative estimate of drug-likeness (QED) is 0.717. The van der Waals surface area contributed by atoms with Crippen molar-refractivity contribution in [2.24, 2.45) is 7.05 Å². The molecule has 4 heteroatoms. The molecule has 1 N–H and O–H groups in total. The second kappa shape index (κ2) is 3.53. The van der Waals surface area contributed by atoms with Crippen LogP contribution in [0.15, 0.2) is 12.5 Å². The van der Waals surface area contributed by atoms with Crippen molar-refractivity contribution in [2.75, 3.05) is 0 Å². The molecule has 4 nitrogen and oxygen atoms in total. The van der Waals surface area contributed by atoms with Gasteiger partial charge in [-0.3, -0.25) is 4.79 Å². The van der Waals surface area contributed by atoms with Crippen LogP contribution in [0.1, 0.15) is 31.5 Å². The molecule has 0 saturated carbocycles. The predicted molar refractivity (Wildman–Crippen MR) is 52.8 cm³/mol. The van der Waals surface area contributed by atoms with Gasteiger partial charge in [0.2, 0.25) is 0 Å². The van der Waals surface area contributed by atoms with Gasteiger partial charge in [-0.1, -0.05) is 0 Å². The molecule has 14 heavy (non-hydrogen) atoms. The van der Waals surface area contributed by atoms with Crippen molar-refractivity contribution >= 4 is 5.78 Å². The van der Waals surface area contributed by atoms with Crippen LogP contribution in [0.2, 0.25) is 0 Å². The van der Waals surface area contributed by atoms with Crippen molar-refractivity contribution < 1.29 is 4.79 Å². The van der Waals surface area contributed by atoms with E-state index in [4.69, 9.17) is 0 Å². The van der Waals surface area contributed by atoms with E-state index in [1.807, 2.05) is 24.7 Å². The first-order valence-electron chi connectivity index (χ1n) is 4.91. The molecule has 1 fully saturated rings. The molecule has 2 atom stereocenters. The number of ketones is 1. The van der Waals surface area contributed by atoms with Gasteiger partial charge < -0.3 is 9.88 Å². The van der Waals surface area contributed by atoms with Crippen molar-refractivity contribution in [1.82, 2.24) is 14.9 Å². The van der Waals surface area contributed by atoms with Gasteiger partial charge in [0.25, 0.3) is 0 Å². The summed E-state index contributed by atoms with van der Waals surface area (Å²) in [5.74, 6) is 0.326. The number of hydrogen-bond donors (Lipinski definition) is 1. The minimum atomic E-state index is 0.104. The summed E-state index contributed by atoms with van der Waals surface area (Å²) in [5.41, 5.74) is 0.965. The molecule has 1 aliphatic heterocycles. The Kier molecular flexibility index (Phi) is 2.37. The topological polar surface area (TPSA) is 46.9 Å². The summed E-state index contributed by atoms with van der Waals surface area (Å²) in [4.78, 5) is 15.6. The smallest absolute Gasteiger partial charge is 0.136 e. The van der Waals surface area contributed by atoms with Crippen LogP contribution >= 0.6 is 0 Å². The zero-order valence-electron chi connectivity index (χ0n) is 8.53. The highest BCUT2D eigenvalue weighted by Gasteiger charge is 2.26. The Labute approximate surface area is 83.3 Å². The normalized spacial score (nSPS) is 28.0. The molecular weight excluding hydrogens is 178 g/mol. The van der Waals surface area contributed by atoms with Crippen LogP contribution in [0.4, 0.5) is 0 Å². The zero-order chi connectivity index (χ0) is 10.1. The number of Topliss-reactive ketones (excluding diaryl/α,β-unsaturated/α-hetero) is 1. The van der Waals surface area contributed by atoms with Crippen LogP contribution < -0.4 is 5.32 Å². The number of aryl methyl sites for hydroxylation is 1. The van der Waals surface area contributed by atoms with E-state index in [2.05, 4.69) is 10.3 Å². The van der Waals surface area contributed by atoms with Crippen LogP contribution in [0.5, 0.6) is 0 Å². The van der Waals surface area contributed by atoms with E-state index in [1.54, 1.807) is 6.33 Å². The second-order valence-electron chi connectivity index (χ2n) is 4.03. The maximum Gasteiger partial charge on any atom is 0.136 e. The summed E-state index contributed by atoms with van der Waals surface area (Å²) < 4.78 is 1.90. The van der Waals surface area contributed by atoms with Gasteiger partial charge in [0, 0.05) is 32.1 Å². The molecule has 1 saturated heterocycles. The summed E-state index contributed by atoms with van der Waals surface area (Å²) in [6.07, 6.45) is 4.94. The fourth-order valence-corrected chi connectivity index (χ4v) is 1.92. The number of nitrogens with one attached hydrogen (secondary N) is 1. The van der Waals surface area contributed by atoms with E-state index in [-0.39, 0.29) is 12.1 Å². The molecule has 0 aromatic carbocycles. The molecular formula is C10H15N3O. The lowest BCUT2D eigenvalue weighted by molar-refractivity contribution is -0.121. The summed E-state index contributed by atoms with van der Waals surface area (Å²) in [6, 6.07) is 0.371. The average Bonchev–Trinajstić information content (AvgIpc) is 2.50. The molecule has 0 bridgehead atoms. The minimum Gasteiger partial charge on any atom is -0.340 e. The first-order chi connectivity index (χ1) is 6.65. The largest absolute Gasteiger partial charge is 0.340 e. The summed E-state index contributed by atoms with van der Waals surface area (Å²) in [5, 5.41) is 3.38. The van der Waals surface area contributed by atoms with Gasteiger partial charge in [-0.05, 0) is 6.92 Å². The van der Waals surface area contributed by atoms with E-state index in [0.717, 1.165) is 5.69 Å². The fraction of sp³-hybridized carbons (Fsp3) is 0.600. The van der Waals surface area contributed by atoms with Gasteiger partial charge in [0.05, 0.1) is 18.1 Å². The van der Waals surface area contributed by atoms with Crippen molar-refractivity contribution in [2.45, 2.75) is 31.8 Å². The van der Waals surface area contributed by atoms with E-state index in [1.165, 1.54) is 0 Å². The predicted octanol–water partition coefficient (Wildman–Crippen LogP) is 0.802. The standard InChI is InChI=1S/C10H15N3O/c1-7-3-8(14)4-9(12-7)10-5-13(2)6-11-10/h5-7,9,12H,3-4H2,1-2H3. The van der Waals surface area contributed by atoms with Crippen LogP contribution in [-0.4, -0.2) is 21.4 Å². The third kappa shape index (κ3) is 1.85. The van der Waals surface area contributed by atoms with Crippen molar-refractivity contribution in [3.8, 4) is 0 Å². The van der Waals surface area contributed by atoms with Gasteiger partial charge in [-0.2, -0.15) is 0 Å². The maximum absolute atomic E-state index is 11.4. The minimum absolute atomic E-state index is 0.104. The van der Waals surface area contributed by atoms with Crippen molar-refractivity contribution in [3.63, 3.8) is 0 Å². The molecule has 0 radical (unpaired) electrons. The molecule has 1 aromatic heterocycles. The SMILES string of the molecule is CC1CC(=O)CC(c2cn(C)cn2)N1. The van der Waals surface area contributed by atoms with Gasteiger partial charge in [-0.15, -0.1) is 0 Å². The Hall–Kier alpha value is -1.16. The van der Waals surface area contributed by atoms with Gasteiger partial charge in [0.15, 0.2) is 0 Å². The summed E-state index contributed by atoms with van der Waals surface area (Å²) in [7, 11) is 1.94. The highest BCUT2D eigenvalue weighted by Crippen LogP contribution is 2.21. The monoisotopic (exact) mass is 193 g/mol. The third-order valence-corrected chi connectivity index (χ3v) is 2.53. The Morgan fingerprint density at radius 3 is 2.93 bits per heavy atom. The molecule has 0 amide bonds. The zero-order valence-corrected chi connectivity index (χ0v) is 8.53. The van der Waals surface area contributed by atoms with Gasteiger partial charge in [0.1, 0.15) is 5.78 Å². The van der Waals surface area contributed by atoms with Crippen LogP contribution in [0.25, 0.3) is 0 Å². The van der Waals surface area contributed by atoms with E-state index in [9.17, 15) is 4.79 Å². The Morgan fingerprint density at radius 1 is 1.57 bits per heavy atom. The third-order valence-electron chi connectivity index (χ3n) is 2.53. The number of imidazole rings is 1. The summed E-state index contributed by atoms with van der Waals surface area (Å²) >= 11 is 0. The average molecular weight is 193 g/mol.